The van der Waals surface area contributed by atoms with Gasteiger partial charge in [0.25, 0.3) is 5.69 Å². The highest BCUT2D eigenvalue weighted by atomic mass is 16.6. The smallest absolute Gasteiger partial charge is 0.339 e. The van der Waals surface area contributed by atoms with Crippen LogP contribution < -0.4 is 4.74 Å². The Bertz CT molecular complexity index is 1570. The van der Waals surface area contributed by atoms with Crippen LogP contribution in [0.25, 0.3) is 33.3 Å². The molecule has 0 spiro atoms. The maximum Gasteiger partial charge on any atom is 0.339 e. The summed E-state index contributed by atoms with van der Waals surface area (Å²) in [6.07, 6.45) is 0.572. The number of carbonyl (C=O) groups excluding carboxylic acids is 1. The molecule has 3 aromatic carbocycles. The van der Waals surface area contributed by atoms with Crippen molar-refractivity contribution in [3.05, 3.63) is 81.4 Å². The highest BCUT2D eigenvalue weighted by molar-refractivity contribution is 6.06. The molecule has 0 radical (unpaired) electrons. The third-order valence-electron chi connectivity index (χ3n) is 6.97. The van der Waals surface area contributed by atoms with Crippen LogP contribution in [0.1, 0.15) is 50.0 Å². The standard InChI is InChI=1S/C31H32N2O6/c1-18-25(29(30(34)37-5)39-31(2,3)4)26(21-13-14-24-20(16-21)12-9-15-38-24)22-17-23(19-10-7-6-8-11-19)32-27(22)28(18)33(35)36/h6-8,10-11,13-14,16-17,29,32H,9,12,15H2,1-5H3. The Morgan fingerprint density at radius 3 is 2.51 bits per heavy atom. The molecule has 1 aliphatic heterocycles. The molecule has 1 aromatic heterocycles. The molecule has 0 bridgehead atoms. The van der Waals surface area contributed by atoms with Gasteiger partial charge in [-0.25, -0.2) is 4.79 Å². The highest BCUT2D eigenvalue weighted by Crippen LogP contribution is 2.47. The van der Waals surface area contributed by atoms with Crippen molar-refractivity contribution in [2.45, 2.75) is 52.2 Å². The van der Waals surface area contributed by atoms with E-state index < -0.39 is 22.6 Å². The van der Waals surface area contributed by atoms with E-state index in [9.17, 15) is 14.9 Å². The van der Waals surface area contributed by atoms with E-state index >= 15 is 0 Å². The van der Waals surface area contributed by atoms with E-state index in [1.54, 1.807) is 6.92 Å². The molecule has 0 aliphatic carbocycles. The number of benzene rings is 3. The Morgan fingerprint density at radius 1 is 1.10 bits per heavy atom. The number of hydrogen-bond donors (Lipinski definition) is 1. The van der Waals surface area contributed by atoms with E-state index in [-0.39, 0.29) is 5.69 Å². The third-order valence-corrected chi connectivity index (χ3v) is 6.97. The van der Waals surface area contributed by atoms with Crippen LogP contribution in [0.3, 0.4) is 0 Å². The minimum Gasteiger partial charge on any atom is -0.493 e. The van der Waals surface area contributed by atoms with Crippen molar-refractivity contribution < 1.29 is 23.9 Å². The summed E-state index contributed by atoms with van der Waals surface area (Å²) in [7, 11) is 1.29. The van der Waals surface area contributed by atoms with Gasteiger partial charge < -0.3 is 19.2 Å². The number of ether oxygens (including phenoxy) is 3. The highest BCUT2D eigenvalue weighted by Gasteiger charge is 2.37. The Labute approximate surface area is 227 Å². The first-order valence-electron chi connectivity index (χ1n) is 13.0. The summed E-state index contributed by atoms with van der Waals surface area (Å²) in [4.78, 5) is 28.7. The van der Waals surface area contributed by atoms with Crippen molar-refractivity contribution >= 4 is 22.6 Å². The Kier molecular flexibility index (Phi) is 6.91. The molecule has 0 saturated carbocycles. The summed E-state index contributed by atoms with van der Waals surface area (Å²) in [5.74, 6) is 0.207. The summed E-state index contributed by atoms with van der Waals surface area (Å²) >= 11 is 0. The number of aromatic nitrogens is 1. The van der Waals surface area contributed by atoms with Crippen LogP contribution >= 0.6 is 0 Å². The van der Waals surface area contributed by atoms with Gasteiger partial charge in [0.2, 0.25) is 0 Å². The van der Waals surface area contributed by atoms with E-state index in [0.717, 1.165) is 41.0 Å². The summed E-state index contributed by atoms with van der Waals surface area (Å²) in [6, 6.07) is 17.5. The largest absolute Gasteiger partial charge is 0.493 e. The second kappa shape index (κ2) is 10.2. The first-order valence-corrected chi connectivity index (χ1v) is 13.0. The van der Waals surface area contributed by atoms with Crippen molar-refractivity contribution in [3.63, 3.8) is 0 Å². The van der Waals surface area contributed by atoms with E-state index in [1.165, 1.54) is 7.11 Å². The summed E-state index contributed by atoms with van der Waals surface area (Å²) < 4.78 is 17.3. The van der Waals surface area contributed by atoms with Gasteiger partial charge in [0, 0.05) is 22.2 Å². The topological polar surface area (TPSA) is 104 Å². The number of carbonyl (C=O) groups is 1. The van der Waals surface area contributed by atoms with Crippen LogP contribution in [0, 0.1) is 17.0 Å². The van der Waals surface area contributed by atoms with Crippen LogP contribution in [0.2, 0.25) is 0 Å². The number of aromatic amines is 1. The van der Waals surface area contributed by atoms with Gasteiger partial charge in [-0.05, 0) is 81.0 Å². The number of nitro groups is 1. The number of rotatable bonds is 6. The minimum absolute atomic E-state index is 0.0985. The lowest BCUT2D eigenvalue weighted by molar-refractivity contribution is -0.383. The fraction of sp³-hybridized carbons (Fsp3) is 0.323. The number of esters is 1. The minimum atomic E-state index is -1.18. The zero-order valence-corrected chi connectivity index (χ0v) is 22.8. The Balaban J connectivity index is 1.91. The average Bonchev–Trinajstić information content (AvgIpc) is 3.34. The zero-order valence-electron chi connectivity index (χ0n) is 22.8. The van der Waals surface area contributed by atoms with Gasteiger partial charge in [-0.1, -0.05) is 36.4 Å². The fourth-order valence-corrected chi connectivity index (χ4v) is 5.33. The quantitative estimate of drug-likeness (QED) is 0.163. The Hall–Kier alpha value is -4.17. The zero-order chi connectivity index (χ0) is 27.9. The molecule has 1 aliphatic rings. The molecule has 202 valence electrons. The van der Waals surface area contributed by atoms with Gasteiger partial charge >= 0.3 is 5.97 Å². The molecule has 0 saturated heterocycles. The second-order valence-electron chi connectivity index (χ2n) is 10.8. The predicted molar refractivity (Wildman–Crippen MR) is 150 cm³/mol. The number of nitrogens with one attached hydrogen (secondary N) is 1. The molecule has 8 heteroatoms. The molecular weight excluding hydrogens is 496 g/mol. The van der Waals surface area contributed by atoms with Gasteiger partial charge in [0.05, 0.1) is 24.2 Å². The molecule has 0 fully saturated rings. The van der Waals surface area contributed by atoms with Crippen molar-refractivity contribution in [3.8, 4) is 28.1 Å². The van der Waals surface area contributed by atoms with Gasteiger partial charge in [0.15, 0.2) is 6.10 Å². The SMILES string of the molecule is COC(=O)C(OC(C)(C)C)c1c(C)c([N+](=O)[O-])c2[nH]c(-c3ccccc3)cc2c1-c1ccc2c(c1)CCCO2. The van der Waals surface area contributed by atoms with Crippen molar-refractivity contribution in [2.24, 2.45) is 0 Å². The number of hydrogen-bond acceptors (Lipinski definition) is 6. The molecule has 39 heavy (non-hydrogen) atoms. The first kappa shape index (κ1) is 26.4. The average molecular weight is 529 g/mol. The number of fused-ring (bicyclic) bond motifs is 2. The van der Waals surface area contributed by atoms with E-state index in [1.807, 2.05) is 69.3 Å². The first-order chi connectivity index (χ1) is 18.6. The lowest BCUT2D eigenvalue weighted by Gasteiger charge is -2.29. The molecule has 5 rings (SSSR count). The maximum atomic E-state index is 13.3. The summed E-state index contributed by atoms with van der Waals surface area (Å²) in [5, 5.41) is 13.2. The number of aryl methyl sites for hydroxylation is 1. The van der Waals surface area contributed by atoms with Gasteiger partial charge in [-0.15, -0.1) is 0 Å². The van der Waals surface area contributed by atoms with Crippen molar-refractivity contribution in [1.29, 1.82) is 0 Å². The monoisotopic (exact) mass is 528 g/mol. The van der Waals surface area contributed by atoms with Gasteiger partial charge in [-0.2, -0.15) is 0 Å². The second-order valence-corrected chi connectivity index (χ2v) is 10.8. The van der Waals surface area contributed by atoms with Crippen LogP contribution in [0.4, 0.5) is 5.69 Å². The number of H-pyrrole nitrogens is 1. The van der Waals surface area contributed by atoms with Crippen LogP contribution in [-0.4, -0.2) is 35.2 Å². The number of nitrogens with zero attached hydrogens (tertiary/aromatic N) is 1. The van der Waals surface area contributed by atoms with Crippen LogP contribution in [0.5, 0.6) is 5.75 Å². The normalized spacial score (nSPS) is 14.0. The molecule has 1 atom stereocenters. The lowest BCUT2D eigenvalue weighted by Crippen LogP contribution is -2.29. The van der Waals surface area contributed by atoms with Gasteiger partial charge in [-0.3, -0.25) is 10.1 Å². The fourth-order valence-electron chi connectivity index (χ4n) is 5.33. The van der Waals surface area contributed by atoms with E-state index in [2.05, 4.69) is 11.1 Å². The summed E-state index contributed by atoms with van der Waals surface area (Å²) in [6.45, 7) is 7.85. The van der Waals surface area contributed by atoms with Crippen molar-refractivity contribution in [1.82, 2.24) is 4.98 Å². The van der Waals surface area contributed by atoms with E-state index in [0.29, 0.717) is 34.2 Å². The van der Waals surface area contributed by atoms with E-state index in [4.69, 9.17) is 14.2 Å². The van der Waals surface area contributed by atoms with Crippen molar-refractivity contribution in [2.75, 3.05) is 13.7 Å². The number of methoxy groups -OCH3 is 1. The van der Waals surface area contributed by atoms with Gasteiger partial charge in [0.1, 0.15) is 11.3 Å². The summed E-state index contributed by atoms with van der Waals surface area (Å²) in [5.41, 5.74) is 4.52. The van der Waals surface area contributed by atoms with Crippen LogP contribution in [0.15, 0.2) is 54.6 Å². The molecule has 1 unspecified atom stereocenters. The molecular formula is C31H32N2O6. The maximum absolute atomic E-state index is 13.3. The predicted octanol–water partition coefficient (Wildman–Crippen LogP) is 7.07. The molecule has 2 heterocycles. The molecule has 8 nitrogen and oxygen atoms in total. The molecule has 4 aromatic rings. The third kappa shape index (κ3) is 5.00. The molecule has 0 amide bonds. The molecule has 1 N–H and O–H groups in total. The Morgan fingerprint density at radius 2 is 1.85 bits per heavy atom. The number of nitro benzene ring substituents is 1. The lowest BCUT2D eigenvalue weighted by atomic mass is 9.86. The van der Waals surface area contributed by atoms with Crippen LogP contribution in [-0.2, 0) is 20.7 Å².